The van der Waals surface area contributed by atoms with E-state index in [2.05, 4.69) is 5.10 Å². The molecule has 2 rings (SSSR count). The Bertz CT molecular complexity index is 284. The van der Waals surface area contributed by atoms with E-state index < -0.39 is 6.17 Å². The van der Waals surface area contributed by atoms with Gasteiger partial charge in [0.15, 0.2) is 0 Å². The van der Waals surface area contributed by atoms with Crippen LogP contribution in [0.1, 0.15) is 31.7 Å². The third-order valence-electron chi connectivity index (χ3n) is 2.58. The second kappa shape index (κ2) is 3.36. The molecular weight excluding hydrogens is 169 g/mol. The molecule has 1 saturated carbocycles. The van der Waals surface area contributed by atoms with Crippen molar-refractivity contribution in [2.75, 3.05) is 5.73 Å². The lowest BCUT2D eigenvalue weighted by Crippen LogP contribution is -2.20. The normalized spacial score (nSPS) is 29.0. The van der Waals surface area contributed by atoms with Crippen molar-refractivity contribution in [1.29, 1.82) is 0 Å². The molecule has 2 unspecified atom stereocenters. The Morgan fingerprint density at radius 3 is 3.00 bits per heavy atom. The number of nitrogen functional groups attached to an aromatic ring is 1. The van der Waals surface area contributed by atoms with Crippen LogP contribution in [-0.4, -0.2) is 16.0 Å². The fourth-order valence-corrected chi connectivity index (χ4v) is 1.90. The molecule has 1 aliphatic carbocycles. The molecule has 72 valence electrons. The van der Waals surface area contributed by atoms with Gasteiger partial charge in [-0.25, -0.2) is 4.39 Å². The highest BCUT2D eigenvalue weighted by molar-refractivity contribution is 5.30. The number of rotatable bonds is 1. The lowest BCUT2D eigenvalue weighted by Gasteiger charge is -2.24. The minimum atomic E-state index is -0.663. The van der Waals surface area contributed by atoms with Crippen LogP contribution in [-0.2, 0) is 0 Å². The summed E-state index contributed by atoms with van der Waals surface area (Å²) in [4.78, 5) is 0. The van der Waals surface area contributed by atoms with E-state index in [9.17, 15) is 4.39 Å². The molecule has 0 spiro atoms. The van der Waals surface area contributed by atoms with Gasteiger partial charge in [-0.2, -0.15) is 5.10 Å². The number of nitrogens with two attached hydrogens (primary N) is 1. The highest BCUT2D eigenvalue weighted by Gasteiger charge is 2.22. The molecule has 4 heteroatoms. The van der Waals surface area contributed by atoms with E-state index in [1.807, 2.05) is 0 Å². The molecule has 3 nitrogen and oxygen atoms in total. The van der Waals surface area contributed by atoms with Crippen molar-refractivity contribution in [2.24, 2.45) is 0 Å². The van der Waals surface area contributed by atoms with Gasteiger partial charge in [0.1, 0.15) is 6.17 Å². The maximum absolute atomic E-state index is 13.1. The van der Waals surface area contributed by atoms with Gasteiger partial charge in [-0.15, -0.1) is 0 Å². The van der Waals surface area contributed by atoms with E-state index in [0.717, 1.165) is 12.8 Å². The topological polar surface area (TPSA) is 43.8 Å². The number of nitrogens with zero attached hydrogens (tertiary/aromatic N) is 2. The average molecular weight is 183 g/mol. The summed E-state index contributed by atoms with van der Waals surface area (Å²) in [6, 6.07) is 0.209. The summed E-state index contributed by atoms with van der Waals surface area (Å²) in [5.41, 5.74) is 6.20. The smallest absolute Gasteiger partial charge is 0.102 e. The Morgan fingerprint density at radius 1 is 1.54 bits per heavy atom. The van der Waals surface area contributed by atoms with Gasteiger partial charge >= 0.3 is 0 Å². The monoisotopic (exact) mass is 183 g/mol. The number of halogens is 1. The molecule has 0 aromatic carbocycles. The molecule has 1 fully saturated rings. The molecule has 1 aromatic heterocycles. The van der Waals surface area contributed by atoms with Crippen LogP contribution in [0, 0.1) is 0 Å². The van der Waals surface area contributed by atoms with Crippen LogP contribution in [0.5, 0.6) is 0 Å². The third-order valence-corrected chi connectivity index (χ3v) is 2.58. The molecule has 0 amide bonds. The van der Waals surface area contributed by atoms with E-state index in [1.165, 1.54) is 0 Å². The van der Waals surface area contributed by atoms with Crippen LogP contribution in [0.15, 0.2) is 12.4 Å². The van der Waals surface area contributed by atoms with Crippen LogP contribution in [0.25, 0.3) is 0 Å². The standard InChI is InChI=1S/C9H14FN3/c10-7-2-1-3-9(4-7)13-6-8(11)5-12-13/h5-7,9H,1-4,11H2. The second-order valence-electron chi connectivity index (χ2n) is 3.67. The van der Waals surface area contributed by atoms with Gasteiger partial charge in [0.2, 0.25) is 0 Å². The van der Waals surface area contributed by atoms with Gasteiger partial charge in [0.05, 0.1) is 17.9 Å². The Labute approximate surface area is 76.7 Å². The Morgan fingerprint density at radius 2 is 2.38 bits per heavy atom. The van der Waals surface area contributed by atoms with Crippen molar-refractivity contribution in [2.45, 2.75) is 37.9 Å². The van der Waals surface area contributed by atoms with E-state index in [-0.39, 0.29) is 6.04 Å². The molecule has 2 N–H and O–H groups in total. The zero-order valence-electron chi connectivity index (χ0n) is 7.49. The van der Waals surface area contributed by atoms with Gasteiger partial charge in [-0.1, -0.05) is 0 Å². The first-order chi connectivity index (χ1) is 6.25. The third kappa shape index (κ3) is 1.82. The van der Waals surface area contributed by atoms with E-state index >= 15 is 0 Å². The molecular formula is C9H14FN3. The highest BCUT2D eigenvalue weighted by atomic mass is 19.1. The molecule has 2 atom stereocenters. The lowest BCUT2D eigenvalue weighted by atomic mass is 9.94. The predicted molar refractivity (Wildman–Crippen MR) is 49.0 cm³/mol. The van der Waals surface area contributed by atoms with Crippen LogP contribution in [0.2, 0.25) is 0 Å². The number of alkyl halides is 1. The quantitative estimate of drug-likeness (QED) is 0.722. The van der Waals surface area contributed by atoms with Crippen molar-refractivity contribution in [1.82, 2.24) is 9.78 Å². The first-order valence-electron chi connectivity index (χ1n) is 4.69. The van der Waals surface area contributed by atoms with Crippen LogP contribution in [0.3, 0.4) is 0 Å². The maximum Gasteiger partial charge on any atom is 0.102 e. The molecule has 0 radical (unpaired) electrons. The molecule has 1 aromatic rings. The number of anilines is 1. The largest absolute Gasteiger partial charge is 0.396 e. The summed E-state index contributed by atoms with van der Waals surface area (Å²) in [6.45, 7) is 0. The molecule has 1 heterocycles. The summed E-state index contributed by atoms with van der Waals surface area (Å²) in [7, 11) is 0. The van der Waals surface area contributed by atoms with Crippen molar-refractivity contribution in [3.63, 3.8) is 0 Å². The molecule has 0 saturated heterocycles. The zero-order chi connectivity index (χ0) is 9.26. The molecule has 1 aliphatic rings. The number of aromatic nitrogens is 2. The number of hydrogen-bond acceptors (Lipinski definition) is 2. The van der Waals surface area contributed by atoms with Crippen LogP contribution < -0.4 is 5.73 Å². The van der Waals surface area contributed by atoms with Crippen molar-refractivity contribution in [3.8, 4) is 0 Å². The van der Waals surface area contributed by atoms with Gasteiger partial charge in [-0.05, 0) is 19.3 Å². The number of hydrogen-bond donors (Lipinski definition) is 1. The highest BCUT2D eigenvalue weighted by Crippen LogP contribution is 2.29. The van der Waals surface area contributed by atoms with Crippen molar-refractivity contribution in [3.05, 3.63) is 12.4 Å². The fraction of sp³-hybridized carbons (Fsp3) is 0.667. The Kier molecular flexibility index (Phi) is 2.20. The summed E-state index contributed by atoms with van der Waals surface area (Å²) >= 11 is 0. The Hall–Kier alpha value is -1.06. The van der Waals surface area contributed by atoms with Gasteiger partial charge in [0, 0.05) is 12.6 Å². The Balaban J connectivity index is 2.08. The van der Waals surface area contributed by atoms with E-state index in [0.29, 0.717) is 18.5 Å². The molecule has 0 bridgehead atoms. The summed E-state index contributed by atoms with van der Waals surface area (Å²) in [5.74, 6) is 0. The van der Waals surface area contributed by atoms with Gasteiger partial charge < -0.3 is 5.73 Å². The summed E-state index contributed by atoms with van der Waals surface area (Å²) < 4.78 is 14.8. The van der Waals surface area contributed by atoms with Gasteiger partial charge in [-0.3, -0.25) is 4.68 Å². The average Bonchev–Trinajstić information content (AvgIpc) is 2.52. The fourth-order valence-electron chi connectivity index (χ4n) is 1.90. The summed E-state index contributed by atoms with van der Waals surface area (Å²) in [5, 5.41) is 4.10. The molecule has 0 aliphatic heterocycles. The van der Waals surface area contributed by atoms with Crippen molar-refractivity contribution < 1.29 is 4.39 Å². The second-order valence-corrected chi connectivity index (χ2v) is 3.67. The maximum atomic E-state index is 13.1. The minimum absolute atomic E-state index is 0.209. The van der Waals surface area contributed by atoms with Crippen LogP contribution >= 0.6 is 0 Å². The molecule has 13 heavy (non-hydrogen) atoms. The minimum Gasteiger partial charge on any atom is -0.396 e. The van der Waals surface area contributed by atoms with E-state index in [1.54, 1.807) is 17.1 Å². The van der Waals surface area contributed by atoms with Crippen LogP contribution in [0.4, 0.5) is 10.1 Å². The first-order valence-corrected chi connectivity index (χ1v) is 4.69. The predicted octanol–water partition coefficient (Wildman–Crippen LogP) is 1.92. The lowest BCUT2D eigenvalue weighted by molar-refractivity contribution is 0.192. The van der Waals surface area contributed by atoms with E-state index in [4.69, 9.17) is 5.73 Å². The van der Waals surface area contributed by atoms with Crippen molar-refractivity contribution >= 4 is 5.69 Å². The zero-order valence-corrected chi connectivity index (χ0v) is 7.49. The van der Waals surface area contributed by atoms with Gasteiger partial charge in [0.25, 0.3) is 0 Å². The first kappa shape index (κ1) is 8.53. The SMILES string of the molecule is Nc1cnn(C2CCCC(F)C2)c1. The summed E-state index contributed by atoms with van der Waals surface area (Å²) in [6.07, 6.45) is 5.98.